The van der Waals surface area contributed by atoms with E-state index in [9.17, 15) is 14.0 Å². The molecule has 0 bridgehead atoms. The smallest absolute Gasteiger partial charge is 0.267 e. The Hall–Kier alpha value is -4.17. The molecule has 6 rings (SSSR count). The van der Waals surface area contributed by atoms with E-state index in [0.717, 1.165) is 66.4 Å². The summed E-state index contributed by atoms with van der Waals surface area (Å²) in [5, 5.41) is 4.07. The van der Waals surface area contributed by atoms with Crippen LogP contribution in [0.4, 0.5) is 10.1 Å². The molecule has 3 aromatic carbocycles. The van der Waals surface area contributed by atoms with Crippen molar-refractivity contribution in [1.29, 1.82) is 0 Å². The lowest BCUT2D eigenvalue weighted by atomic mass is 9.78. The number of hydrogen-bond donors (Lipinski definition) is 2. The molecule has 1 saturated carbocycles. The molecule has 2 aliphatic rings. The summed E-state index contributed by atoms with van der Waals surface area (Å²) in [6.45, 7) is 2.95. The molecule has 8 heteroatoms. The first-order chi connectivity index (χ1) is 22.0. The van der Waals surface area contributed by atoms with Crippen molar-refractivity contribution in [3.63, 3.8) is 0 Å². The number of aromatic nitrogens is 1. The van der Waals surface area contributed by atoms with Crippen molar-refractivity contribution in [2.45, 2.75) is 51.6 Å². The highest BCUT2D eigenvalue weighted by Crippen LogP contribution is 2.34. The van der Waals surface area contributed by atoms with Crippen LogP contribution in [0.2, 0.25) is 0 Å². The molecule has 1 atom stereocenters. The Morgan fingerprint density at radius 3 is 2.62 bits per heavy atom. The number of para-hydroxylation sites is 1. The lowest BCUT2D eigenvalue weighted by molar-refractivity contribution is -0.139. The second kappa shape index (κ2) is 14.7. The molecule has 236 valence electrons. The molecule has 1 aliphatic carbocycles. The standard InChI is InChI=1S/C37H43FN4O3/c38-31-15-16-35-30(23-31)18-20-41(35)26-42(21-22-45-25-27-9-3-1-4-10-27)37(44)32(28-11-5-2-6-12-28)17-19-39-36(43)34-24-29-13-7-8-14-33(29)40-34/h1,3-4,7-10,13-16,23-24,28,32,40H,2,5-6,11-12,17-22,25-26H2,(H,39,43). The zero-order chi connectivity index (χ0) is 31.0. The predicted molar refractivity (Wildman–Crippen MR) is 175 cm³/mol. The minimum Gasteiger partial charge on any atom is -0.375 e. The minimum absolute atomic E-state index is 0.112. The van der Waals surface area contributed by atoms with Crippen molar-refractivity contribution in [3.8, 4) is 0 Å². The molecular weight excluding hydrogens is 567 g/mol. The normalized spacial score (nSPS) is 15.6. The van der Waals surface area contributed by atoms with Crippen LogP contribution in [0.15, 0.2) is 78.9 Å². The molecule has 4 aromatic rings. The van der Waals surface area contributed by atoms with Crippen molar-refractivity contribution in [2.75, 3.05) is 37.8 Å². The number of nitrogens with one attached hydrogen (secondary N) is 2. The van der Waals surface area contributed by atoms with Gasteiger partial charge in [-0.3, -0.25) is 9.59 Å². The second-order valence-electron chi connectivity index (χ2n) is 12.4. The number of carbonyl (C=O) groups excluding carboxylic acids is 2. The number of hydrogen-bond acceptors (Lipinski definition) is 4. The molecule has 1 aromatic heterocycles. The van der Waals surface area contributed by atoms with Gasteiger partial charge in [0.05, 0.1) is 19.9 Å². The van der Waals surface area contributed by atoms with Gasteiger partial charge < -0.3 is 24.8 Å². The van der Waals surface area contributed by atoms with Gasteiger partial charge in [-0.25, -0.2) is 4.39 Å². The van der Waals surface area contributed by atoms with E-state index in [-0.39, 0.29) is 29.5 Å². The Kier molecular flexibility index (Phi) is 10.1. The highest BCUT2D eigenvalue weighted by Gasteiger charge is 2.34. The van der Waals surface area contributed by atoms with E-state index in [1.54, 1.807) is 6.07 Å². The van der Waals surface area contributed by atoms with Crippen molar-refractivity contribution in [3.05, 3.63) is 102 Å². The summed E-state index contributed by atoms with van der Waals surface area (Å²) in [6, 6.07) is 24.7. The molecule has 2 amide bonds. The van der Waals surface area contributed by atoms with E-state index >= 15 is 0 Å². The van der Waals surface area contributed by atoms with Crippen LogP contribution in [-0.4, -0.2) is 54.6 Å². The lowest BCUT2D eigenvalue weighted by Gasteiger charge is -2.36. The van der Waals surface area contributed by atoms with Crippen LogP contribution in [-0.2, 0) is 22.6 Å². The van der Waals surface area contributed by atoms with Gasteiger partial charge in [0.25, 0.3) is 5.91 Å². The van der Waals surface area contributed by atoms with Gasteiger partial charge in [-0.1, -0.05) is 67.8 Å². The fourth-order valence-corrected chi connectivity index (χ4v) is 6.95. The van der Waals surface area contributed by atoms with Crippen LogP contribution in [0.25, 0.3) is 10.9 Å². The number of ether oxygens (including phenoxy) is 1. The maximum Gasteiger partial charge on any atom is 0.267 e. The summed E-state index contributed by atoms with van der Waals surface area (Å²) in [5.74, 6) is -0.194. The Bertz CT molecular complexity index is 1550. The number of halogens is 1. The SMILES string of the molecule is O=C(NCCC(C(=O)N(CCOCc1ccccc1)CN1CCc2cc(F)ccc21)C1CCCCC1)c1cc2ccccc2[nH]1. The van der Waals surface area contributed by atoms with E-state index in [4.69, 9.17) is 4.74 Å². The first kappa shape index (κ1) is 30.8. The number of fused-ring (bicyclic) bond motifs is 2. The fraction of sp³-hybridized carbons (Fsp3) is 0.405. The minimum atomic E-state index is -0.232. The van der Waals surface area contributed by atoms with Gasteiger partial charge in [-0.05, 0) is 73.1 Å². The van der Waals surface area contributed by atoms with E-state index in [1.165, 1.54) is 12.5 Å². The molecule has 7 nitrogen and oxygen atoms in total. The second-order valence-corrected chi connectivity index (χ2v) is 12.4. The van der Waals surface area contributed by atoms with Crippen LogP contribution >= 0.6 is 0 Å². The quantitative estimate of drug-likeness (QED) is 0.166. The third kappa shape index (κ3) is 7.74. The number of nitrogens with zero attached hydrogens (tertiary/aromatic N) is 2. The third-order valence-corrected chi connectivity index (χ3v) is 9.36. The predicted octanol–water partition coefficient (Wildman–Crippen LogP) is 6.69. The number of amides is 2. The average molecular weight is 611 g/mol. The molecule has 1 fully saturated rings. The average Bonchev–Trinajstić information content (AvgIpc) is 3.69. The Labute approximate surface area is 264 Å². The molecule has 2 N–H and O–H groups in total. The largest absolute Gasteiger partial charge is 0.375 e. The fourth-order valence-electron chi connectivity index (χ4n) is 6.95. The topological polar surface area (TPSA) is 77.7 Å². The van der Waals surface area contributed by atoms with Gasteiger partial charge in [-0.15, -0.1) is 0 Å². The van der Waals surface area contributed by atoms with E-state index in [1.807, 2.05) is 71.6 Å². The summed E-state index contributed by atoms with van der Waals surface area (Å²) in [6.07, 6.45) is 6.84. The van der Waals surface area contributed by atoms with Gasteiger partial charge in [0.15, 0.2) is 0 Å². The lowest BCUT2D eigenvalue weighted by Crippen LogP contribution is -2.47. The van der Waals surface area contributed by atoms with Crippen LogP contribution in [0.3, 0.4) is 0 Å². The Morgan fingerprint density at radius 2 is 1.80 bits per heavy atom. The van der Waals surface area contributed by atoms with Crippen LogP contribution in [0, 0.1) is 17.7 Å². The number of aromatic amines is 1. The number of H-pyrrole nitrogens is 1. The van der Waals surface area contributed by atoms with Crippen LogP contribution in [0.1, 0.15) is 60.1 Å². The first-order valence-corrected chi connectivity index (χ1v) is 16.3. The van der Waals surface area contributed by atoms with Gasteiger partial charge in [0, 0.05) is 42.1 Å². The number of anilines is 1. The summed E-state index contributed by atoms with van der Waals surface area (Å²) in [4.78, 5) is 34.9. The maximum absolute atomic E-state index is 14.5. The highest BCUT2D eigenvalue weighted by atomic mass is 19.1. The number of carbonyl (C=O) groups is 2. The molecule has 0 radical (unpaired) electrons. The van der Waals surface area contributed by atoms with Gasteiger partial charge in [0.1, 0.15) is 11.5 Å². The zero-order valence-electron chi connectivity index (χ0n) is 25.8. The molecule has 2 heterocycles. The summed E-state index contributed by atoms with van der Waals surface area (Å²) in [5.41, 5.74) is 4.51. The highest BCUT2D eigenvalue weighted by molar-refractivity contribution is 5.98. The van der Waals surface area contributed by atoms with Crippen LogP contribution in [0.5, 0.6) is 0 Å². The zero-order valence-corrected chi connectivity index (χ0v) is 25.8. The molecule has 0 saturated heterocycles. The molecule has 1 aliphatic heterocycles. The number of benzene rings is 3. The Balaban J connectivity index is 1.15. The third-order valence-electron chi connectivity index (χ3n) is 9.36. The monoisotopic (exact) mass is 610 g/mol. The summed E-state index contributed by atoms with van der Waals surface area (Å²) >= 11 is 0. The molecule has 0 spiro atoms. The van der Waals surface area contributed by atoms with Gasteiger partial charge in [0.2, 0.25) is 5.91 Å². The Morgan fingerprint density at radius 1 is 1.00 bits per heavy atom. The first-order valence-electron chi connectivity index (χ1n) is 16.3. The van der Waals surface area contributed by atoms with Crippen molar-refractivity contribution >= 4 is 28.4 Å². The molecular formula is C37H43FN4O3. The van der Waals surface area contributed by atoms with Crippen molar-refractivity contribution in [1.82, 2.24) is 15.2 Å². The maximum atomic E-state index is 14.5. The van der Waals surface area contributed by atoms with Crippen molar-refractivity contribution in [2.24, 2.45) is 11.8 Å². The van der Waals surface area contributed by atoms with Crippen molar-refractivity contribution < 1.29 is 18.7 Å². The number of rotatable bonds is 13. The van der Waals surface area contributed by atoms with E-state index in [0.29, 0.717) is 45.1 Å². The molecule has 1 unspecified atom stereocenters. The van der Waals surface area contributed by atoms with E-state index < -0.39 is 0 Å². The summed E-state index contributed by atoms with van der Waals surface area (Å²) < 4.78 is 20.0. The molecule has 45 heavy (non-hydrogen) atoms. The van der Waals surface area contributed by atoms with E-state index in [2.05, 4.69) is 15.2 Å². The summed E-state index contributed by atoms with van der Waals surface area (Å²) in [7, 11) is 0. The van der Waals surface area contributed by atoms with Gasteiger partial charge in [-0.2, -0.15) is 0 Å². The van der Waals surface area contributed by atoms with Crippen LogP contribution < -0.4 is 10.2 Å². The van der Waals surface area contributed by atoms with Gasteiger partial charge >= 0.3 is 0 Å².